The van der Waals surface area contributed by atoms with E-state index < -0.39 is 5.97 Å². The number of ether oxygens (including phenoxy) is 2. The van der Waals surface area contributed by atoms with Crippen molar-refractivity contribution in [2.24, 2.45) is 0 Å². The second-order valence-electron chi connectivity index (χ2n) is 4.35. The van der Waals surface area contributed by atoms with E-state index in [4.69, 9.17) is 44.3 Å². The molecule has 2 rings (SSSR count). The van der Waals surface area contributed by atoms with Gasteiger partial charge < -0.3 is 9.47 Å². The largest absolute Gasteiger partial charge is 0.481 e. The van der Waals surface area contributed by atoms with Gasteiger partial charge in [0, 0.05) is 15.1 Å². The van der Waals surface area contributed by atoms with Crippen molar-refractivity contribution in [3.63, 3.8) is 0 Å². The van der Waals surface area contributed by atoms with Gasteiger partial charge in [0.1, 0.15) is 11.5 Å². The van der Waals surface area contributed by atoms with E-state index in [1.807, 2.05) is 0 Å². The predicted octanol–water partition coefficient (Wildman–Crippen LogP) is 5.70. The monoisotopic (exact) mass is 422 g/mol. The Balaban J connectivity index is 1.99. The van der Waals surface area contributed by atoms with Crippen molar-refractivity contribution >= 4 is 56.7 Å². The van der Waals surface area contributed by atoms with Gasteiger partial charge in [-0.25, -0.2) is 4.79 Å². The number of rotatable bonds is 4. The first-order chi connectivity index (χ1) is 10.4. The van der Waals surface area contributed by atoms with E-state index in [-0.39, 0.29) is 12.4 Å². The van der Waals surface area contributed by atoms with Crippen LogP contribution in [0.25, 0.3) is 0 Å². The molecule has 2 aromatic rings. The zero-order valence-electron chi connectivity index (χ0n) is 11.3. The van der Waals surface area contributed by atoms with Gasteiger partial charge in [-0.15, -0.1) is 0 Å². The number of esters is 1. The molecule has 0 fully saturated rings. The molecule has 0 atom stereocenters. The van der Waals surface area contributed by atoms with E-state index in [0.717, 1.165) is 5.56 Å². The Kier molecular flexibility index (Phi) is 5.98. The lowest BCUT2D eigenvalue weighted by molar-refractivity contribution is -0.136. The van der Waals surface area contributed by atoms with E-state index in [0.29, 0.717) is 25.3 Å². The van der Waals surface area contributed by atoms with Gasteiger partial charge in [0.25, 0.3) is 0 Å². The van der Waals surface area contributed by atoms with Crippen LogP contribution in [0.15, 0.2) is 34.8 Å². The van der Waals surface area contributed by atoms with Crippen molar-refractivity contribution < 1.29 is 14.3 Å². The van der Waals surface area contributed by atoms with Crippen LogP contribution in [-0.4, -0.2) is 12.6 Å². The zero-order valence-corrected chi connectivity index (χ0v) is 15.2. The smallest absolute Gasteiger partial charge is 0.349 e. The van der Waals surface area contributed by atoms with Crippen molar-refractivity contribution in [3.05, 3.63) is 55.4 Å². The molecule has 0 amide bonds. The van der Waals surface area contributed by atoms with Crippen molar-refractivity contribution in [2.75, 3.05) is 6.61 Å². The standard InChI is InChI=1S/C15H10BrCl3O3/c1-8-12(18)5-10(6-13(8)19)22-15(20)7-21-14-3-2-9(17)4-11(14)16/h2-6H,7H2,1H3. The molecule has 0 radical (unpaired) electrons. The van der Waals surface area contributed by atoms with Gasteiger partial charge in [-0.1, -0.05) is 34.8 Å². The SMILES string of the molecule is Cc1c(Cl)cc(OC(=O)COc2ccc(Cl)cc2Br)cc1Cl. The Morgan fingerprint density at radius 2 is 1.77 bits per heavy atom. The summed E-state index contributed by atoms with van der Waals surface area (Å²) in [6.07, 6.45) is 0. The maximum atomic E-state index is 11.8. The van der Waals surface area contributed by atoms with E-state index >= 15 is 0 Å². The summed E-state index contributed by atoms with van der Waals surface area (Å²) >= 11 is 21.1. The molecule has 0 bridgehead atoms. The molecule has 0 unspecified atom stereocenters. The van der Waals surface area contributed by atoms with Crippen molar-refractivity contribution in [1.29, 1.82) is 0 Å². The summed E-state index contributed by atoms with van der Waals surface area (Å²) < 4.78 is 11.2. The van der Waals surface area contributed by atoms with E-state index in [1.54, 1.807) is 25.1 Å². The van der Waals surface area contributed by atoms with Gasteiger partial charge in [-0.3, -0.25) is 0 Å². The van der Waals surface area contributed by atoms with Crippen LogP contribution in [0.4, 0.5) is 0 Å². The maximum Gasteiger partial charge on any atom is 0.349 e. The summed E-state index contributed by atoms with van der Waals surface area (Å²) in [6, 6.07) is 8.03. The first-order valence-corrected chi connectivity index (χ1v) is 8.03. The average molecular weight is 425 g/mol. The fourth-order valence-corrected chi connectivity index (χ4v) is 2.84. The number of hydrogen-bond donors (Lipinski definition) is 0. The van der Waals surface area contributed by atoms with Crippen LogP contribution in [0, 0.1) is 6.92 Å². The van der Waals surface area contributed by atoms with Gasteiger partial charge in [-0.05, 0) is 58.7 Å². The van der Waals surface area contributed by atoms with E-state index in [2.05, 4.69) is 15.9 Å². The van der Waals surface area contributed by atoms with Gasteiger partial charge in [0.15, 0.2) is 6.61 Å². The summed E-state index contributed by atoms with van der Waals surface area (Å²) in [5.41, 5.74) is 0.726. The lowest BCUT2D eigenvalue weighted by Crippen LogP contribution is -2.17. The number of carbonyl (C=O) groups is 1. The van der Waals surface area contributed by atoms with Gasteiger partial charge >= 0.3 is 5.97 Å². The number of carbonyl (C=O) groups excluding carboxylic acids is 1. The minimum absolute atomic E-state index is 0.261. The Morgan fingerprint density at radius 3 is 2.36 bits per heavy atom. The molecular weight excluding hydrogens is 414 g/mol. The molecule has 0 saturated heterocycles. The summed E-state index contributed by atoms with van der Waals surface area (Å²) in [5.74, 6) is 0.184. The fraction of sp³-hybridized carbons (Fsp3) is 0.133. The Labute approximate surface area is 151 Å². The van der Waals surface area contributed by atoms with Crippen molar-refractivity contribution in [1.82, 2.24) is 0 Å². The molecule has 0 heterocycles. The van der Waals surface area contributed by atoms with Gasteiger partial charge in [-0.2, -0.15) is 0 Å². The van der Waals surface area contributed by atoms with Crippen molar-refractivity contribution in [3.8, 4) is 11.5 Å². The topological polar surface area (TPSA) is 35.5 Å². The van der Waals surface area contributed by atoms with Crippen LogP contribution in [0.3, 0.4) is 0 Å². The highest BCUT2D eigenvalue weighted by Crippen LogP contribution is 2.30. The maximum absolute atomic E-state index is 11.8. The third kappa shape index (κ3) is 4.53. The first-order valence-electron chi connectivity index (χ1n) is 6.11. The van der Waals surface area contributed by atoms with Crippen molar-refractivity contribution in [2.45, 2.75) is 6.92 Å². The number of hydrogen-bond acceptors (Lipinski definition) is 3. The highest BCUT2D eigenvalue weighted by molar-refractivity contribution is 9.10. The third-order valence-electron chi connectivity index (χ3n) is 2.73. The minimum atomic E-state index is -0.571. The summed E-state index contributed by atoms with van der Waals surface area (Å²) in [5, 5.41) is 1.42. The third-order valence-corrected chi connectivity index (χ3v) is 4.37. The van der Waals surface area contributed by atoms with Crippen LogP contribution in [0.1, 0.15) is 5.56 Å². The Hall–Kier alpha value is -0.940. The normalized spacial score (nSPS) is 10.4. The number of halogens is 4. The summed E-state index contributed by atoms with van der Waals surface area (Å²) in [6.45, 7) is 1.51. The molecular formula is C15H10BrCl3O3. The summed E-state index contributed by atoms with van der Waals surface area (Å²) in [7, 11) is 0. The summed E-state index contributed by atoms with van der Waals surface area (Å²) in [4.78, 5) is 11.8. The van der Waals surface area contributed by atoms with E-state index in [9.17, 15) is 4.79 Å². The zero-order chi connectivity index (χ0) is 16.3. The molecule has 0 spiro atoms. The van der Waals surface area contributed by atoms with Crippen LogP contribution in [0.5, 0.6) is 11.5 Å². The highest BCUT2D eigenvalue weighted by atomic mass is 79.9. The highest BCUT2D eigenvalue weighted by Gasteiger charge is 2.11. The fourth-order valence-electron chi connectivity index (χ4n) is 1.57. The molecule has 7 heteroatoms. The molecule has 3 nitrogen and oxygen atoms in total. The quantitative estimate of drug-likeness (QED) is 0.466. The lowest BCUT2D eigenvalue weighted by Gasteiger charge is -2.10. The van der Waals surface area contributed by atoms with Crippen LogP contribution in [0.2, 0.25) is 15.1 Å². The Morgan fingerprint density at radius 1 is 1.14 bits per heavy atom. The lowest BCUT2D eigenvalue weighted by atomic mass is 10.2. The van der Waals surface area contributed by atoms with Crippen LogP contribution in [-0.2, 0) is 4.79 Å². The second-order valence-corrected chi connectivity index (χ2v) is 6.45. The minimum Gasteiger partial charge on any atom is -0.481 e. The predicted molar refractivity (Wildman–Crippen MR) is 91.5 cm³/mol. The van der Waals surface area contributed by atoms with Gasteiger partial charge in [0.05, 0.1) is 4.47 Å². The average Bonchev–Trinajstić information content (AvgIpc) is 2.43. The molecule has 22 heavy (non-hydrogen) atoms. The first kappa shape index (κ1) is 17.4. The molecule has 2 aromatic carbocycles. The molecule has 0 aromatic heterocycles. The molecule has 0 aliphatic heterocycles. The molecule has 0 aliphatic rings. The van der Waals surface area contributed by atoms with Gasteiger partial charge in [0.2, 0.25) is 0 Å². The second kappa shape index (κ2) is 7.55. The molecule has 116 valence electrons. The molecule has 0 aliphatic carbocycles. The van der Waals surface area contributed by atoms with Crippen LogP contribution >= 0.6 is 50.7 Å². The molecule has 0 N–H and O–H groups in total. The molecule has 0 saturated carbocycles. The van der Waals surface area contributed by atoms with Crippen LogP contribution < -0.4 is 9.47 Å². The Bertz CT molecular complexity index is 696. The number of benzene rings is 2. The van der Waals surface area contributed by atoms with E-state index in [1.165, 1.54) is 12.1 Å².